The number of hydrogen-bond donors (Lipinski definition) is 3. The molecule has 0 atom stereocenters. The monoisotopic (exact) mass is 357 g/mol. The lowest BCUT2D eigenvalue weighted by Crippen LogP contribution is -2.26. The van der Waals surface area contributed by atoms with Gasteiger partial charge in [0, 0.05) is 42.9 Å². The molecule has 1 aromatic carbocycles. The number of aromatic amines is 1. The average Bonchev–Trinajstić information content (AvgIpc) is 2.62. The molecular formula is C17H16FN5OS. The summed E-state index contributed by atoms with van der Waals surface area (Å²) in [6, 6.07) is 8.27. The van der Waals surface area contributed by atoms with Crippen LogP contribution in [0.5, 0.6) is 0 Å². The van der Waals surface area contributed by atoms with Crippen LogP contribution in [0.15, 0.2) is 41.3 Å². The predicted molar refractivity (Wildman–Crippen MR) is 97.9 cm³/mol. The first kappa shape index (κ1) is 16.1. The predicted octanol–water partition coefficient (Wildman–Crippen LogP) is 2.69. The lowest BCUT2D eigenvalue weighted by molar-refractivity contribution is 0.442. The smallest absolute Gasteiger partial charge is 0.249 e. The lowest BCUT2D eigenvalue weighted by atomic mass is 10.00. The molecule has 2 aromatic heterocycles. The first-order valence-corrected chi connectivity index (χ1v) is 8.66. The van der Waals surface area contributed by atoms with Gasteiger partial charge in [0.05, 0.1) is 11.4 Å². The summed E-state index contributed by atoms with van der Waals surface area (Å²) >= 11 is 1.18. The van der Waals surface area contributed by atoms with Crippen LogP contribution in [0, 0.1) is 5.82 Å². The second-order valence-corrected chi connectivity index (χ2v) is 6.62. The second-order valence-electron chi connectivity index (χ2n) is 5.89. The van der Waals surface area contributed by atoms with E-state index in [9.17, 15) is 9.18 Å². The van der Waals surface area contributed by atoms with Crippen LogP contribution in [0.3, 0.4) is 0 Å². The highest BCUT2D eigenvalue weighted by Gasteiger charge is 2.19. The Morgan fingerprint density at radius 1 is 1.24 bits per heavy atom. The summed E-state index contributed by atoms with van der Waals surface area (Å²) in [6.45, 7) is 1.46. The van der Waals surface area contributed by atoms with Crippen molar-refractivity contribution >= 4 is 34.5 Å². The van der Waals surface area contributed by atoms with Crippen LogP contribution in [0.4, 0.5) is 15.8 Å². The minimum Gasteiger partial charge on any atom is -0.352 e. The zero-order chi connectivity index (χ0) is 17.4. The fourth-order valence-corrected chi connectivity index (χ4v) is 3.46. The van der Waals surface area contributed by atoms with Gasteiger partial charge in [-0.25, -0.2) is 13.7 Å². The first-order valence-electron chi connectivity index (χ1n) is 7.82. The summed E-state index contributed by atoms with van der Waals surface area (Å²) in [4.78, 5) is 18.2. The Hall–Kier alpha value is -2.42. The maximum absolute atomic E-state index is 14.6. The summed E-state index contributed by atoms with van der Waals surface area (Å²) < 4.78 is 16.6. The largest absolute Gasteiger partial charge is 0.352 e. The van der Waals surface area contributed by atoms with E-state index in [4.69, 9.17) is 5.14 Å². The summed E-state index contributed by atoms with van der Waals surface area (Å²) in [5, 5.41) is 9.46. The van der Waals surface area contributed by atoms with E-state index in [1.807, 2.05) is 10.4 Å². The third-order valence-electron chi connectivity index (χ3n) is 4.32. The standard InChI is InChI=1S/C17H16FN5OS/c18-13-7-11-9-23(25-19)6-4-10(11)8-15(13)21-14-3-5-20-17-12(14)1-2-16(24)22-17/h1-3,5,7-8H,4,6,9,19H2,(H2,20,21,22,24). The number of hydrogen-bond acceptors (Lipinski definition) is 6. The molecule has 1 aliphatic rings. The van der Waals surface area contributed by atoms with Gasteiger partial charge in [-0.05, 0) is 41.8 Å². The zero-order valence-corrected chi connectivity index (χ0v) is 14.1. The van der Waals surface area contributed by atoms with Gasteiger partial charge in [0.1, 0.15) is 11.5 Å². The van der Waals surface area contributed by atoms with Crippen molar-refractivity contribution in [3.05, 3.63) is 63.8 Å². The van der Waals surface area contributed by atoms with Gasteiger partial charge in [-0.1, -0.05) is 0 Å². The van der Waals surface area contributed by atoms with Crippen molar-refractivity contribution in [3.8, 4) is 0 Å². The zero-order valence-electron chi connectivity index (χ0n) is 13.3. The first-order chi connectivity index (χ1) is 12.1. The van der Waals surface area contributed by atoms with Gasteiger partial charge >= 0.3 is 0 Å². The van der Waals surface area contributed by atoms with E-state index in [1.165, 1.54) is 18.2 Å². The SMILES string of the molecule is NSN1CCc2cc(Nc3ccnc4[nH]c(=O)ccc34)c(F)cc2C1. The molecule has 0 saturated heterocycles. The number of anilines is 2. The van der Waals surface area contributed by atoms with E-state index < -0.39 is 0 Å². The molecule has 0 amide bonds. The van der Waals surface area contributed by atoms with E-state index in [0.717, 1.165) is 29.5 Å². The highest BCUT2D eigenvalue weighted by atomic mass is 32.2. The van der Waals surface area contributed by atoms with Crippen molar-refractivity contribution in [2.24, 2.45) is 5.14 Å². The number of pyridine rings is 2. The maximum atomic E-state index is 14.6. The van der Waals surface area contributed by atoms with Crippen molar-refractivity contribution in [2.75, 3.05) is 11.9 Å². The van der Waals surface area contributed by atoms with Gasteiger partial charge < -0.3 is 10.3 Å². The van der Waals surface area contributed by atoms with Crippen molar-refractivity contribution in [2.45, 2.75) is 13.0 Å². The molecule has 128 valence electrons. The summed E-state index contributed by atoms with van der Waals surface area (Å²) in [5.74, 6) is -0.322. The molecule has 0 spiro atoms. The normalized spacial score (nSPS) is 14.5. The fourth-order valence-electron chi connectivity index (χ4n) is 3.05. The van der Waals surface area contributed by atoms with E-state index in [-0.39, 0.29) is 11.4 Å². The third-order valence-corrected chi connectivity index (χ3v) is 4.93. The number of nitrogens with one attached hydrogen (secondary N) is 2. The Bertz CT molecular complexity index is 1010. The summed E-state index contributed by atoms with van der Waals surface area (Å²) in [7, 11) is 0. The van der Waals surface area contributed by atoms with Gasteiger partial charge in [-0.3, -0.25) is 9.93 Å². The number of halogens is 1. The van der Waals surface area contributed by atoms with Crippen molar-refractivity contribution in [3.63, 3.8) is 0 Å². The number of benzene rings is 1. The number of nitrogens with two attached hydrogens (primary N) is 1. The Balaban J connectivity index is 1.71. The summed E-state index contributed by atoms with van der Waals surface area (Å²) in [6.07, 6.45) is 2.40. The molecule has 8 heteroatoms. The lowest BCUT2D eigenvalue weighted by Gasteiger charge is -2.26. The molecule has 25 heavy (non-hydrogen) atoms. The van der Waals surface area contributed by atoms with Crippen LogP contribution in [0.2, 0.25) is 0 Å². The van der Waals surface area contributed by atoms with E-state index in [0.29, 0.717) is 23.6 Å². The number of aromatic nitrogens is 2. The minimum atomic E-state index is -0.322. The number of rotatable bonds is 3. The Morgan fingerprint density at radius 2 is 2.12 bits per heavy atom. The third kappa shape index (κ3) is 3.11. The molecule has 0 bridgehead atoms. The van der Waals surface area contributed by atoms with E-state index >= 15 is 0 Å². The molecule has 1 aliphatic heterocycles. The highest BCUT2D eigenvalue weighted by Crippen LogP contribution is 2.30. The van der Waals surface area contributed by atoms with Crippen LogP contribution in [-0.4, -0.2) is 20.8 Å². The van der Waals surface area contributed by atoms with Crippen LogP contribution < -0.4 is 16.0 Å². The average molecular weight is 357 g/mol. The second kappa shape index (κ2) is 6.47. The molecule has 4 rings (SSSR count). The molecule has 0 unspecified atom stereocenters. The molecular weight excluding hydrogens is 341 g/mol. The van der Waals surface area contributed by atoms with Crippen molar-refractivity contribution in [1.82, 2.24) is 14.3 Å². The fraction of sp³-hybridized carbons (Fsp3) is 0.176. The molecule has 4 N–H and O–H groups in total. The van der Waals surface area contributed by atoms with Crippen molar-refractivity contribution < 1.29 is 4.39 Å². The molecule has 0 aliphatic carbocycles. The van der Waals surface area contributed by atoms with E-state index in [1.54, 1.807) is 24.4 Å². The minimum absolute atomic E-state index is 0.223. The topological polar surface area (TPSA) is 87.0 Å². The molecule has 0 radical (unpaired) electrons. The summed E-state index contributed by atoms with van der Waals surface area (Å²) in [5.41, 5.74) is 3.41. The van der Waals surface area contributed by atoms with Gasteiger partial charge in [-0.15, -0.1) is 0 Å². The van der Waals surface area contributed by atoms with Gasteiger partial charge in [-0.2, -0.15) is 0 Å². The van der Waals surface area contributed by atoms with Gasteiger partial charge in [0.15, 0.2) is 0 Å². The Morgan fingerprint density at radius 3 is 2.96 bits per heavy atom. The highest BCUT2D eigenvalue weighted by molar-refractivity contribution is 7.94. The maximum Gasteiger partial charge on any atom is 0.249 e. The number of nitrogens with zero attached hydrogens (tertiary/aromatic N) is 2. The van der Waals surface area contributed by atoms with Crippen LogP contribution in [0.25, 0.3) is 11.0 Å². The van der Waals surface area contributed by atoms with Crippen LogP contribution in [-0.2, 0) is 13.0 Å². The Labute approximate surface area is 147 Å². The van der Waals surface area contributed by atoms with Crippen LogP contribution in [0.1, 0.15) is 11.1 Å². The van der Waals surface area contributed by atoms with Gasteiger partial charge in [0.2, 0.25) is 5.56 Å². The Kier molecular flexibility index (Phi) is 4.16. The molecule has 0 saturated carbocycles. The van der Waals surface area contributed by atoms with Crippen molar-refractivity contribution in [1.29, 1.82) is 0 Å². The van der Waals surface area contributed by atoms with E-state index in [2.05, 4.69) is 15.3 Å². The van der Waals surface area contributed by atoms with Crippen LogP contribution >= 0.6 is 12.1 Å². The molecule has 0 fully saturated rings. The number of fused-ring (bicyclic) bond motifs is 2. The molecule has 3 heterocycles. The van der Waals surface area contributed by atoms with Gasteiger partial charge in [0.25, 0.3) is 0 Å². The molecule has 6 nitrogen and oxygen atoms in total. The quantitative estimate of drug-likeness (QED) is 0.625. The molecule has 3 aromatic rings. The number of H-pyrrole nitrogens is 1.